The maximum atomic E-state index is 11.7. The van der Waals surface area contributed by atoms with Crippen LogP contribution in [-0.2, 0) is 14.8 Å². The van der Waals surface area contributed by atoms with Crippen LogP contribution in [0.15, 0.2) is 21.6 Å². The Labute approximate surface area is 116 Å². The van der Waals surface area contributed by atoms with Gasteiger partial charge >= 0.3 is 0 Å². The van der Waals surface area contributed by atoms with E-state index < -0.39 is 21.0 Å². The van der Waals surface area contributed by atoms with E-state index in [4.69, 9.17) is 14.3 Å². The molecule has 1 aliphatic rings. The van der Waals surface area contributed by atoms with Crippen molar-refractivity contribution in [2.75, 3.05) is 39.4 Å². The predicted octanol–water partition coefficient (Wildman–Crippen LogP) is -1.01. The SMILES string of the molecule is NS(=O)(=O)c1ccc(C(=O)NCCN2CCOCC2)o1. The van der Waals surface area contributed by atoms with Crippen LogP contribution in [-0.4, -0.2) is 58.6 Å². The first-order valence-electron chi connectivity index (χ1n) is 6.18. The lowest BCUT2D eigenvalue weighted by Gasteiger charge is -2.26. The molecule has 0 spiro atoms. The average molecular weight is 303 g/mol. The van der Waals surface area contributed by atoms with E-state index in [9.17, 15) is 13.2 Å². The van der Waals surface area contributed by atoms with Crippen LogP contribution >= 0.6 is 0 Å². The quantitative estimate of drug-likeness (QED) is 0.720. The molecule has 1 saturated heterocycles. The minimum atomic E-state index is -3.92. The zero-order valence-corrected chi connectivity index (χ0v) is 11.7. The molecule has 0 radical (unpaired) electrons. The zero-order chi connectivity index (χ0) is 14.6. The van der Waals surface area contributed by atoms with Gasteiger partial charge in [-0.05, 0) is 12.1 Å². The van der Waals surface area contributed by atoms with Crippen molar-refractivity contribution in [2.24, 2.45) is 5.14 Å². The highest BCUT2D eigenvalue weighted by Crippen LogP contribution is 2.11. The van der Waals surface area contributed by atoms with Gasteiger partial charge in [0.2, 0.25) is 5.09 Å². The highest BCUT2D eigenvalue weighted by Gasteiger charge is 2.17. The second-order valence-electron chi connectivity index (χ2n) is 4.37. The molecule has 0 aliphatic carbocycles. The van der Waals surface area contributed by atoms with Crippen LogP contribution in [0.1, 0.15) is 10.6 Å². The number of ether oxygens (including phenoxy) is 1. The molecule has 2 rings (SSSR count). The predicted molar refractivity (Wildman–Crippen MR) is 69.7 cm³/mol. The molecule has 3 N–H and O–H groups in total. The molecular formula is C11H17N3O5S. The van der Waals surface area contributed by atoms with Gasteiger partial charge in [-0.3, -0.25) is 9.69 Å². The number of hydrogen-bond donors (Lipinski definition) is 2. The molecule has 0 bridgehead atoms. The number of primary sulfonamides is 1. The molecule has 9 heteroatoms. The van der Waals surface area contributed by atoms with Gasteiger partial charge in [-0.15, -0.1) is 0 Å². The van der Waals surface area contributed by atoms with Crippen molar-refractivity contribution in [3.05, 3.63) is 17.9 Å². The molecule has 1 aromatic rings. The fourth-order valence-electron chi connectivity index (χ4n) is 1.83. The molecule has 1 fully saturated rings. The van der Waals surface area contributed by atoms with Crippen LogP contribution in [0.2, 0.25) is 0 Å². The van der Waals surface area contributed by atoms with E-state index in [1.54, 1.807) is 0 Å². The maximum absolute atomic E-state index is 11.7. The third-order valence-corrected chi connectivity index (χ3v) is 3.68. The van der Waals surface area contributed by atoms with E-state index in [1.807, 2.05) is 0 Å². The van der Waals surface area contributed by atoms with Crippen LogP contribution in [0.5, 0.6) is 0 Å². The van der Waals surface area contributed by atoms with Gasteiger partial charge in [-0.25, -0.2) is 13.6 Å². The van der Waals surface area contributed by atoms with E-state index in [2.05, 4.69) is 10.2 Å². The van der Waals surface area contributed by atoms with E-state index >= 15 is 0 Å². The van der Waals surface area contributed by atoms with E-state index in [0.717, 1.165) is 19.2 Å². The van der Waals surface area contributed by atoms with Crippen LogP contribution in [0, 0.1) is 0 Å². The minimum absolute atomic E-state index is 0.0731. The molecule has 0 unspecified atom stereocenters. The molecule has 1 amide bonds. The Bertz CT molecular complexity index is 562. The van der Waals surface area contributed by atoms with Gasteiger partial charge in [0.15, 0.2) is 5.76 Å². The lowest BCUT2D eigenvalue weighted by atomic mass is 10.4. The van der Waals surface area contributed by atoms with Gasteiger partial charge < -0.3 is 14.5 Å². The second-order valence-corrected chi connectivity index (χ2v) is 5.87. The Balaban J connectivity index is 1.81. The molecule has 8 nitrogen and oxygen atoms in total. The molecule has 0 atom stereocenters. The Hall–Kier alpha value is -1.42. The summed E-state index contributed by atoms with van der Waals surface area (Å²) in [5, 5.41) is 7.14. The Kier molecular flexibility index (Phi) is 4.76. The molecule has 112 valence electrons. The first-order chi connectivity index (χ1) is 9.47. The lowest BCUT2D eigenvalue weighted by Crippen LogP contribution is -2.41. The largest absolute Gasteiger partial charge is 0.438 e. The number of nitrogens with zero attached hydrogens (tertiary/aromatic N) is 1. The highest BCUT2D eigenvalue weighted by molar-refractivity contribution is 7.89. The summed E-state index contributed by atoms with van der Waals surface area (Å²) in [6.07, 6.45) is 0. The van der Waals surface area contributed by atoms with Crippen molar-refractivity contribution in [1.82, 2.24) is 10.2 Å². The topological polar surface area (TPSA) is 115 Å². The van der Waals surface area contributed by atoms with Crippen molar-refractivity contribution >= 4 is 15.9 Å². The van der Waals surface area contributed by atoms with Gasteiger partial charge in [0.1, 0.15) is 0 Å². The van der Waals surface area contributed by atoms with Crippen molar-refractivity contribution in [3.63, 3.8) is 0 Å². The fourth-order valence-corrected chi connectivity index (χ4v) is 2.30. The van der Waals surface area contributed by atoms with E-state index in [0.29, 0.717) is 26.3 Å². The Morgan fingerprint density at radius 2 is 2.05 bits per heavy atom. The molecule has 1 aliphatic heterocycles. The number of morpholine rings is 1. The number of rotatable bonds is 5. The van der Waals surface area contributed by atoms with E-state index in [-0.39, 0.29) is 5.76 Å². The first-order valence-corrected chi connectivity index (χ1v) is 7.72. The highest BCUT2D eigenvalue weighted by atomic mass is 32.2. The first kappa shape index (κ1) is 15.0. The number of nitrogens with two attached hydrogens (primary N) is 1. The number of amides is 1. The van der Waals surface area contributed by atoms with Crippen LogP contribution in [0.3, 0.4) is 0 Å². The summed E-state index contributed by atoms with van der Waals surface area (Å²) >= 11 is 0. The monoisotopic (exact) mass is 303 g/mol. The zero-order valence-electron chi connectivity index (χ0n) is 10.9. The van der Waals surface area contributed by atoms with Crippen LogP contribution < -0.4 is 10.5 Å². The number of nitrogens with one attached hydrogen (secondary N) is 1. The van der Waals surface area contributed by atoms with E-state index in [1.165, 1.54) is 6.07 Å². The number of furan rings is 1. The van der Waals surface area contributed by atoms with Crippen molar-refractivity contribution < 1.29 is 22.4 Å². The summed E-state index contributed by atoms with van der Waals surface area (Å²) in [4.78, 5) is 13.9. The third-order valence-electron chi connectivity index (χ3n) is 2.90. The second kappa shape index (κ2) is 6.35. The summed E-state index contributed by atoms with van der Waals surface area (Å²) in [7, 11) is -3.92. The van der Waals surface area contributed by atoms with Gasteiger partial charge in [-0.1, -0.05) is 0 Å². The summed E-state index contributed by atoms with van der Waals surface area (Å²) in [6, 6.07) is 2.44. The molecule has 0 aromatic carbocycles. The average Bonchev–Trinajstić information content (AvgIpc) is 2.89. The third kappa shape index (κ3) is 4.04. The number of carbonyl (C=O) groups is 1. The smallest absolute Gasteiger partial charge is 0.287 e. The number of hydrogen-bond acceptors (Lipinski definition) is 6. The molecular weight excluding hydrogens is 286 g/mol. The van der Waals surface area contributed by atoms with Gasteiger partial charge in [0, 0.05) is 26.2 Å². The van der Waals surface area contributed by atoms with Crippen molar-refractivity contribution in [3.8, 4) is 0 Å². The standard InChI is InChI=1S/C11H17N3O5S/c12-20(16,17)10-2-1-9(19-10)11(15)13-3-4-14-5-7-18-8-6-14/h1-2H,3-8H2,(H,13,15)(H2,12,16,17). The Morgan fingerprint density at radius 1 is 1.35 bits per heavy atom. The lowest BCUT2D eigenvalue weighted by molar-refractivity contribution is 0.0382. The summed E-state index contributed by atoms with van der Waals surface area (Å²) in [5.74, 6) is -0.538. The minimum Gasteiger partial charge on any atom is -0.438 e. The fraction of sp³-hybridized carbons (Fsp3) is 0.545. The maximum Gasteiger partial charge on any atom is 0.287 e. The molecule has 1 aromatic heterocycles. The molecule has 0 saturated carbocycles. The van der Waals surface area contributed by atoms with Crippen LogP contribution in [0.25, 0.3) is 0 Å². The number of carbonyl (C=O) groups excluding carboxylic acids is 1. The summed E-state index contributed by atoms with van der Waals surface area (Å²) < 4.78 is 32.2. The van der Waals surface area contributed by atoms with Gasteiger partial charge in [0.05, 0.1) is 13.2 Å². The molecule has 2 heterocycles. The van der Waals surface area contributed by atoms with Gasteiger partial charge in [-0.2, -0.15) is 0 Å². The summed E-state index contributed by atoms with van der Waals surface area (Å²) in [5.41, 5.74) is 0. The summed E-state index contributed by atoms with van der Waals surface area (Å²) in [6.45, 7) is 4.23. The van der Waals surface area contributed by atoms with Crippen molar-refractivity contribution in [1.29, 1.82) is 0 Å². The molecule has 20 heavy (non-hydrogen) atoms. The van der Waals surface area contributed by atoms with Gasteiger partial charge in [0.25, 0.3) is 15.9 Å². The normalized spacial score (nSPS) is 17.1. The van der Waals surface area contributed by atoms with Crippen LogP contribution in [0.4, 0.5) is 0 Å². The van der Waals surface area contributed by atoms with Crippen molar-refractivity contribution in [2.45, 2.75) is 5.09 Å². The number of sulfonamides is 1. The Morgan fingerprint density at radius 3 is 2.65 bits per heavy atom.